The van der Waals surface area contributed by atoms with Gasteiger partial charge in [0.1, 0.15) is 5.60 Å². The quantitative estimate of drug-likeness (QED) is 0.888. The number of benzene rings is 1. The number of carbonyl (C=O) groups is 1. The molecule has 0 aliphatic heterocycles. The molecule has 0 saturated heterocycles. The minimum Gasteiger partial charge on any atom is -0.444 e. The first-order valence-electron chi connectivity index (χ1n) is 5.87. The van der Waals surface area contributed by atoms with Crippen LogP contribution in [0, 0.1) is 11.6 Å². The average molecular weight is 272 g/mol. The van der Waals surface area contributed by atoms with Crippen LogP contribution in [0.3, 0.4) is 0 Å². The van der Waals surface area contributed by atoms with Crippen LogP contribution in [0.4, 0.5) is 13.6 Å². The number of nitrogens with two attached hydrogens (primary N) is 1. The molecule has 0 heterocycles. The highest BCUT2D eigenvalue weighted by Crippen LogP contribution is 2.16. The second kappa shape index (κ2) is 5.97. The zero-order chi connectivity index (χ0) is 14.6. The van der Waals surface area contributed by atoms with E-state index in [0.29, 0.717) is 5.56 Å². The molecule has 0 aliphatic carbocycles. The first kappa shape index (κ1) is 15.4. The number of rotatable bonds is 3. The van der Waals surface area contributed by atoms with Crippen molar-refractivity contribution < 1.29 is 18.3 Å². The number of halogens is 2. The fraction of sp³-hybridized carbons (Fsp3) is 0.462. The van der Waals surface area contributed by atoms with E-state index >= 15 is 0 Å². The lowest BCUT2D eigenvalue weighted by atomic mass is 10.1. The fourth-order valence-electron chi connectivity index (χ4n) is 1.46. The van der Waals surface area contributed by atoms with Crippen LogP contribution < -0.4 is 11.1 Å². The van der Waals surface area contributed by atoms with Crippen molar-refractivity contribution >= 4 is 6.09 Å². The normalized spacial score (nSPS) is 12.9. The van der Waals surface area contributed by atoms with Gasteiger partial charge in [-0.2, -0.15) is 0 Å². The molecule has 1 rings (SSSR count). The van der Waals surface area contributed by atoms with E-state index in [1.54, 1.807) is 20.8 Å². The van der Waals surface area contributed by atoms with Crippen molar-refractivity contribution in [3.63, 3.8) is 0 Å². The molecule has 1 amide bonds. The Morgan fingerprint density at radius 3 is 2.47 bits per heavy atom. The smallest absolute Gasteiger partial charge is 0.408 e. The number of carbonyl (C=O) groups excluding carboxylic acids is 1. The summed E-state index contributed by atoms with van der Waals surface area (Å²) in [5, 5.41) is 2.51. The molecule has 1 unspecified atom stereocenters. The zero-order valence-electron chi connectivity index (χ0n) is 11.2. The highest BCUT2D eigenvalue weighted by Gasteiger charge is 2.20. The van der Waals surface area contributed by atoms with Crippen molar-refractivity contribution in [1.29, 1.82) is 0 Å². The summed E-state index contributed by atoms with van der Waals surface area (Å²) in [6, 6.07) is 2.73. The Morgan fingerprint density at radius 1 is 1.37 bits per heavy atom. The van der Waals surface area contributed by atoms with Crippen LogP contribution in [0.2, 0.25) is 0 Å². The van der Waals surface area contributed by atoms with Gasteiger partial charge in [0.2, 0.25) is 0 Å². The Balaban J connectivity index is 2.78. The fourth-order valence-corrected chi connectivity index (χ4v) is 1.46. The molecule has 0 aliphatic rings. The van der Waals surface area contributed by atoms with Gasteiger partial charge in [-0.1, -0.05) is 6.07 Å². The third-order valence-corrected chi connectivity index (χ3v) is 2.27. The lowest BCUT2D eigenvalue weighted by Gasteiger charge is -2.23. The lowest BCUT2D eigenvalue weighted by Crippen LogP contribution is -2.37. The van der Waals surface area contributed by atoms with Crippen LogP contribution in [0.5, 0.6) is 0 Å². The van der Waals surface area contributed by atoms with Crippen LogP contribution in [-0.2, 0) is 4.74 Å². The Bertz CT molecular complexity index is 458. The van der Waals surface area contributed by atoms with E-state index < -0.39 is 29.4 Å². The largest absolute Gasteiger partial charge is 0.444 e. The van der Waals surface area contributed by atoms with Crippen molar-refractivity contribution in [2.24, 2.45) is 5.73 Å². The minimum atomic E-state index is -0.984. The summed E-state index contributed by atoms with van der Waals surface area (Å²) in [7, 11) is 0. The molecule has 106 valence electrons. The highest BCUT2D eigenvalue weighted by molar-refractivity contribution is 5.68. The first-order valence-corrected chi connectivity index (χ1v) is 5.87. The molecule has 1 atom stereocenters. The maximum absolute atomic E-state index is 13.1. The summed E-state index contributed by atoms with van der Waals surface area (Å²) in [5.74, 6) is -1.93. The summed E-state index contributed by atoms with van der Waals surface area (Å²) in [5.41, 5.74) is 5.26. The number of nitrogens with one attached hydrogen (secondary N) is 1. The summed E-state index contributed by atoms with van der Waals surface area (Å²) < 4.78 is 31.0. The molecule has 6 heteroatoms. The van der Waals surface area contributed by atoms with Gasteiger partial charge in [-0.05, 0) is 38.5 Å². The topological polar surface area (TPSA) is 64.3 Å². The Labute approximate surface area is 110 Å². The van der Waals surface area contributed by atoms with Crippen LogP contribution in [-0.4, -0.2) is 18.2 Å². The third kappa shape index (κ3) is 4.82. The predicted octanol–water partition coefficient (Wildman–Crippen LogP) is 2.49. The molecule has 0 spiro atoms. The summed E-state index contributed by atoms with van der Waals surface area (Å²) in [6.07, 6.45) is -0.660. The Morgan fingerprint density at radius 2 is 2.00 bits per heavy atom. The molecule has 0 radical (unpaired) electrons. The SMILES string of the molecule is CC(C)(C)OC(=O)NC(CN)c1ccc(F)c(F)c1. The highest BCUT2D eigenvalue weighted by atomic mass is 19.2. The maximum atomic E-state index is 13.1. The van der Waals surface area contributed by atoms with Crippen molar-refractivity contribution in [2.75, 3.05) is 6.54 Å². The standard InChI is InChI=1S/C13H18F2N2O2/c1-13(2,3)19-12(18)17-11(7-16)8-4-5-9(14)10(15)6-8/h4-6,11H,7,16H2,1-3H3,(H,17,18). The van der Waals surface area contributed by atoms with Gasteiger partial charge in [-0.3, -0.25) is 0 Å². The summed E-state index contributed by atoms with van der Waals surface area (Å²) in [6.45, 7) is 5.22. The van der Waals surface area contributed by atoms with Crippen LogP contribution in [0.1, 0.15) is 32.4 Å². The van der Waals surface area contributed by atoms with Crippen molar-refractivity contribution in [1.82, 2.24) is 5.32 Å². The van der Waals surface area contributed by atoms with E-state index in [0.717, 1.165) is 12.1 Å². The molecule has 1 aromatic carbocycles. The summed E-state index contributed by atoms with van der Waals surface area (Å²) >= 11 is 0. The zero-order valence-corrected chi connectivity index (χ0v) is 11.2. The average Bonchev–Trinajstić information content (AvgIpc) is 2.27. The molecule has 4 nitrogen and oxygen atoms in total. The van der Waals surface area contributed by atoms with Crippen molar-refractivity contribution in [3.05, 3.63) is 35.4 Å². The number of amides is 1. The van der Waals surface area contributed by atoms with Crippen molar-refractivity contribution in [2.45, 2.75) is 32.4 Å². The first-order chi connectivity index (χ1) is 8.73. The molecule has 0 bridgehead atoms. The second-order valence-corrected chi connectivity index (χ2v) is 5.11. The number of hydrogen-bond acceptors (Lipinski definition) is 3. The van der Waals surface area contributed by atoms with E-state index in [4.69, 9.17) is 10.5 Å². The van der Waals surface area contributed by atoms with E-state index in [-0.39, 0.29) is 6.54 Å². The maximum Gasteiger partial charge on any atom is 0.408 e. The van der Waals surface area contributed by atoms with Crippen LogP contribution in [0.25, 0.3) is 0 Å². The van der Waals surface area contributed by atoms with Crippen LogP contribution in [0.15, 0.2) is 18.2 Å². The Kier molecular flexibility index (Phi) is 4.83. The Hall–Kier alpha value is -1.69. The van der Waals surface area contributed by atoms with Gasteiger partial charge in [0.25, 0.3) is 0 Å². The molecular formula is C13H18F2N2O2. The molecular weight excluding hydrogens is 254 g/mol. The van der Waals surface area contributed by atoms with Gasteiger partial charge < -0.3 is 15.8 Å². The molecule has 0 saturated carbocycles. The van der Waals surface area contributed by atoms with Gasteiger partial charge in [0.15, 0.2) is 11.6 Å². The van der Waals surface area contributed by atoms with E-state index in [2.05, 4.69) is 5.32 Å². The van der Waals surface area contributed by atoms with Gasteiger partial charge in [-0.25, -0.2) is 13.6 Å². The molecule has 1 aromatic rings. The number of alkyl carbamates (subject to hydrolysis) is 1. The molecule has 19 heavy (non-hydrogen) atoms. The second-order valence-electron chi connectivity index (χ2n) is 5.11. The molecule has 0 fully saturated rings. The van der Waals surface area contributed by atoms with Gasteiger partial charge in [0, 0.05) is 6.54 Å². The van der Waals surface area contributed by atoms with Gasteiger partial charge in [-0.15, -0.1) is 0 Å². The minimum absolute atomic E-state index is 0.0459. The van der Waals surface area contributed by atoms with Gasteiger partial charge >= 0.3 is 6.09 Å². The predicted molar refractivity (Wildman–Crippen MR) is 67.5 cm³/mol. The summed E-state index contributed by atoms with van der Waals surface area (Å²) in [4.78, 5) is 11.6. The monoisotopic (exact) mass is 272 g/mol. The van der Waals surface area contributed by atoms with E-state index in [9.17, 15) is 13.6 Å². The number of hydrogen-bond donors (Lipinski definition) is 2. The lowest BCUT2D eigenvalue weighted by molar-refractivity contribution is 0.0505. The number of ether oxygens (including phenoxy) is 1. The van der Waals surface area contributed by atoms with Crippen molar-refractivity contribution in [3.8, 4) is 0 Å². The van der Waals surface area contributed by atoms with Crippen LogP contribution >= 0.6 is 0 Å². The van der Waals surface area contributed by atoms with E-state index in [1.165, 1.54) is 6.07 Å². The molecule has 3 N–H and O–H groups in total. The van der Waals surface area contributed by atoms with E-state index in [1.807, 2.05) is 0 Å². The molecule has 0 aromatic heterocycles. The van der Waals surface area contributed by atoms with Gasteiger partial charge in [0.05, 0.1) is 6.04 Å². The third-order valence-electron chi connectivity index (χ3n) is 2.27.